The number of hydrogen-bond acceptors (Lipinski definition) is 2. The first-order valence-corrected chi connectivity index (χ1v) is 9.12. The average molecular weight is 305 g/mol. The minimum absolute atomic E-state index is 0.0933. The van der Waals surface area contributed by atoms with Crippen molar-refractivity contribution in [1.82, 2.24) is 4.31 Å². The first kappa shape index (κ1) is 14.8. The van der Waals surface area contributed by atoms with Crippen LogP contribution in [0.25, 0.3) is 0 Å². The van der Waals surface area contributed by atoms with Crippen molar-refractivity contribution in [3.05, 3.63) is 41.5 Å². The molecule has 1 aliphatic carbocycles. The molecule has 21 heavy (non-hydrogen) atoms. The molecule has 4 heteroatoms. The molecule has 1 fully saturated rings. The summed E-state index contributed by atoms with van der Waals surface area (Å²) in [6, 6.07) is 7.19. The Morgan fingerprint density at radius 3 is 2.43 bits per heavy atom. The number of allylic oxidation sites excluding steroid dienone is 1. The smallest absolute Gasteiger partial charge is 0.207 e. The van der Waals surface area contributed by atoms with Crippen LogP contribution in [0.2, 0.25) is 0 Å². The molecule has 114 valence electrons. The number of aryl methyl sites for hydroxylation is 1. The monoisotopic (exact) mass is 305 g/mol. The van der Waals surface area contributed by atoms with Gasteiger partial charge in [-0.25, -0.2) is 8.42 Å². The third-order valence-corrected chi connectivity index (χ3v) is 6.97. The summed E-state index contributed by atoms with van der Waals surface area (Å²) in [5, 5.41) is 0. The molecule has 0 amide bonds. The van der Waals surface area contributed by atoms with Crippen molar-refractivity contribution >= 4 is 10.0 Å². The van der Waals surface area contributed by atoms with E-state index < -0.39 is 10.0 Å². The quantitative estimate of drug-likeness (QED) is 0.784. The highest BCUT2D eigenvalue weighted by molar-refractivity contribution is 7.89. The summed E-state index contributed by atoms with van der Waals surface area (Å²) in [7, 11) is -3.36. The number of hydrogen-bond donors (Lipinski definition) is 0. The molecule has 0 saturated carbocycles. The number of piperidine rings is 1. The first-order chi connectivity index (χ1) is 9.94. The van der Waals surface area contributed by atoms with Crippen LogP contribution in [0.5, 0.6) is 0 Å². The molecule has 3 nitrogen and oxygen atoms in total. The largest absolute Gasteiger partial charge is 0.243 e. The highest BCUT2D eigenvalue weighted by Crippen LogP contribution is 2.46. The highest BCUT2D eigenvalue weighted by Gasteiger charge is 2.42. The molecule has 1 aliphatic heterocycles. The lowest BCUT2D eigenvalue weighted by molar-refractivity contribution is 0.183. The zero-order chi connectivity index (χ0) is 15.1. The van der Waals surface area contributed by atoms with E-state index in [2.05, 4.69) is 13.0 Å². The van der Waals surface area contributed by atoms with Crippen molar-refractivity contribution in [3.8, 4) is 0 Å². The molecule has 0 unspecified atom stereocenters. The molecule has 1 spiro atoms. The number of nitrogens with zero attached hydrogens (tertiary/aromatic N) is 1. The van der Waals surface area contributed by atoms with E-state index in [1.165, 1.54) is 5.57 Å². The van der Waals surface area contributed by atoms with Crippen molar-refractivity contribution in [2.45, 2.75) is 44.4 Å². The molecule has 1 saturated heterocycles. The van der Waals surface area contributed by atoms with Gasteiger partial charge < -0.3 is 0 Å². The molecule has 1 aromatic carbocycles. The van der Waals surface area contributed by atoms with Gasteiger partial charge >= 0.3 is 0 Å². The maximum absolute atomic E-state index is 12.9. The summed E-state index contributed by atoms with van der Waals surface area (Å²) in [5.74, 6) is 0. The van der Waals surface area contributed by atoms with Crippen LogP contribution >= 0.6 is 0 Å². The van der Waals surface area contributed by atoms with Gasteiger partial charge in [0.1, 0.15) is 0 Å². The van der Waals surface area contributed by atoms with Gasteiger partial charge in [0.25, 0.3) is 0 Å². The number of benzene rings is 1. The molecule has 0 N–H and O–H groups in total. The van der Waals surface area contributed by atoms with Crippen LogP contribution in [0, 0.1) is 12.3 Å². The second-order valence-corrected chi connectivity index (χ2v) is 8.40. The fourth-order valence-corrected chi connectivity index (χ4v) is 5.22. The highest BCUT2D eigenvalue weighted by atomic mass is 32.2. The molecule has 1 atom stereocenters. The van der Waals surface area contributed by atoms with Gasteiger partial charge in [-0.15, -0.1) is 0 Å². The topological polar surface area (TPSA) is 37.4 Å². The van der Waals surface area contributed by atoms with Gasteiger partial charge in [-0.05, 0) is 51.7 Å². The molecule has 0 aromatic heterocycles. The molecule has 0 radical (unpaired) electrons. The summed E-state index contributed by atoms with van der Waals surface area (Å²) in [6.07, 6.45) is 6.54. The number of rotatable bonds is 2. The van der Waals surface area contributed by atoms with Crippen molar-refractivity contribution in [2.75, 3.05) is 13.1 Å². The fourth-order valence-electron chi connectivity index (χ4n) is 3.66. The molecule has 1 heterocycles. The van der Waals surface area contributed by atoms with E-state index >= 15 is 0 Å². The molecular formula is C17H23NO2S. The lowest BCUT2D eigenvalue weighted by atomic mass is 9.76. The van der Waals surface area contributed by atoms with Gasteiger partial charge in [0, 0.05) is 18.5 Å². The molecule has 0 bridgehead atoms. The van der Waals surface area contributed by atoms with Gasteiger partial charge in [0.05, 0.1) is 4.90 Å². The standard InChI is InChI=1S/C17H23NO2S/c1-14-6-8-16(9-7-14)21(19,20)18-12-4-11-17(13-18)10-3-5-15(17)2/h5-9H,3-4,10-13H2,1-2H3/t17-/m1/s1. The summed E-state index contributed by atoms with van der Waals surface area (Å²) in [5.41, 5.74) is 2.56. The maximum atomic E-state index is 12.9. The molecule has 1 aromatic rings. The van der Waals surface area contributed by atoms with Crippen LogP contribution in [-0.2, 0) is 10.0 Å². The van der Waals surface area contributed by atoms with E-state index in [-0.39, 0.29) is 5.41 Å². The minimum Gasteiger partial charge on any atom is -0.207 e. The Bertz CT molecular complexity index is 661. The van der Waals surface area contributed by atoms with Gasteiger partial charge in [-0.2, -0.15) is 4.31 Å². The third-order valence-electron chi connectivity index (χ3n) is 5.11. The van der Waals surface area contributed by atoms with E-state index in [0.29, 0.717) is 18.0 Å². The molecule has 2 aliphatic rings. The van der Waals surface area contributed by atoms with Crippen LogP contribution in [0.15, 0.2) is 40.8 Å². The first-order valence-electron chi connectivity index (χ1n) is 7.68. The average Bonchev–Trinajstić information content (AvgIpc) is 2.80. The Morgan fingerprint density at radius 2 is 1.81 bits per heavy atom. The summed E-state index contributed by atoms with van der Waals surface area (Å²) < 4.78 is 27.4. The van der Waals surface area contributed by atoms with Crippen LogP contribution < -0.4 is 0 Å². The van der Waals surface area contributed by atoms with Crippen LogP contribution in [0.1, 0.15) is 38.2 Å². The molecule has 3 rings (SSSR count). The Labute approximate surface area is 127 Å². The van der Waals surface area contributed by atoms with E-state index in [0.717, 1.165) is 31.2 Å². The second-order valence-electron chi connectivity index (χ2n) is 6.46. The Hall–Kier alpha value is -1.13. The predicted octanol–water partition coefficient (Wildman–Crippen LogP) is 3.51. The lowest BCUT2D eigenvalue weighted by Crippen LogP contribution is -2.45. The van der Waals surface area contributed by atoms with Gasteiger partial charge in [-0.1, -0.05) is 29.3 Å². The maximum Gasteiger partial charge on any atom is 0.243 e. The zero-order valence-electron chi connectivity index (χ0n) is 12.8. The fraction of sp³-hybridized carbons (Fsp3) is 0.529. The van der Waals surface area contributed by atoms with Crippen molar-refractivity contribution in [2.24, 2.45) is 5.41 Å². The van der Waals surface area contributed by atoms with E-state index in [9.17, 15) is 8.42 Å². The Kier molecular flexibility index (Phi) is 3.70. The van der Waals surface area contributed by atoms with E-state index in [4.69, 9.17) is 0 Å². The van der Waals surface area contributed by atoms with E-state index in [1.54, 1.807) is 16.4 Å². The number of sulfonamides is 1. The van der Waals surface area contributed by atoms with Crippen LogP contribution in [-0.4, -0.2) is 25.8 Å². The van der Waals surface area contributed by atoms with Gasteiger partial charge in [0.15, 0.2) is 0 Å². The van der Waals surface area contributed by atoms with E-state index in [1.807, 2.05) is 19.1 Å². The minimum atomic E-state index is -3.36. The predicted molar refractivity (Wildman–Crippen MR) is 84.6 cm³/mol. The van der Waals surface area contributed by atoms with Crippen LogP contribution in [0.3, 0.4) is 0 Å². The van der Waals surface area contributed by atoms with Crippen LogP contribution in [0.4, 0.5) is 0 Å². The Morgan fingerprint density at radius 1 is 1.10 bits per heavy atom. The van der Waals surface area contributed by atoms with Crippen molar-refractivity contribution < 1.29 is 8.42 Å². The summed E-state index contributed by atoms with van der Waals surface area (Å²) in [4.78, 5) is 0.421. The zero-order valence-corrected chi connectivity index (χ0v) is 13.6. The summed E-state index contributed by atoms with van der Waals surface area (Å²) in [6.45, 7) is 5.42. The van der Waals surface area contributed by atoms with Gasteiger partial charge in [-0.3, -0.25) is 0 Å². The van der Waals surface area contributed by atoms with Gasteiger partial charge in [0.2, 0.25) is 10.0 Å². The lowest BCUT2D eigenvalue weighted by Gasteiger charge is -2.41. The van der Waals surface area contributed by atoms with Crippen molar-refractivity contribution in [3.63, 3.8) is 0 Å². The van der Waals surface area contributed by atoms with Crippen molar-refractivity contribution in [1.29, 1.82) is 0 Å². The Balaban J connectivity index is 1.89. The summed E-state index contributed by atoms with van der Waals surface area (Å²) >= 11 is 0. The molecular weight excluding hydrogens is 282 g/mol. The third kappa shape index (κ3) is 2.55. The SMILES string of the molecule is CC1=CCC[C@]12CCCN(S(=O)(=O)c1ccc(C)cc1)C2. The second kappa shape index (κ2) is 5.25. The normalized spacial score (nSPS) is 27.0.